The molecule has 1 aliphatic heterocycles. The lowest BCUT2D eigenvalue weighted by molar-refractivity contribution is 0.0693. The molecule has 0 saturated carbocycles. The van der Waals surface area contributed by atoms with Gasteiger partial charge in [-0.2, -0.15) is 0 Å². The van der Waals surface area contributed by atoms with E-state index in [0.717, 1.165) is 35.0 Å². The summed E-state index contributed by atoms with van der Waals surface area (Å²) in [5.74, 6) is 2.34. The van der Waals surface area contributed by atoms with Crippen molar-refractivity contribution in [1.82, 2.24) is 10.3 Å². The number of hydrogen-bond acceptors (Lipinski definition) is 4. The van der Waals surface area contributed by atoms with E-state index in [4.69, 9.17) is 21.7 Å². The molecule has 0 saturated heterocycles. The van der Waals surface area contributed by atoms with Gasteiger partial charge in [-0.05, 0) is 57.3 Å². The van der Waals surface area contributed by atoms with Crippen molar-refractivity contribution in [2.24, 2.45) is 0 Å². The molecule has 1 aromatic carbocycles. The number of rotatable bonds is 3. The molecule has 0 fully saturated rings. The minimum absolute atomic E-state index is 0.0504. The van der Waals surface area contributed by atoms with Crippen LogP contribution in [0.3, 0.4) is 0 Å². The van der Waals surface area contributed by atoms with Crippen LogP contribution in [0.5, 0.6) is 11.5 Å². The first-order valence-electron chi connectivity index (χ1n) is 8.24. The molecule has 2 N–H and O–H groups in total. The molecule has 0 aliphatic carbocycles. The van der Waals surface area contributed by atoms with Gasteiger partial charge in [0.05, 0.1) is 13.2 Å². The highest BCUT2D eigenvalue weighted by molar-refractivity contribution is 7.80. The van der Waals surface area contributed by atoms with Crippen LogP contribution >= 0.6 is 12.2 Å². The monoisotopic (exact) mass is 357 g/mol. The van der Waals surface area contributed by atoms with Gasteiger partial charge in [-0.15, -0.1) is 0 Å². The van der Waals surface area contributed by atoms with Gasteiger partial charge in [-0.3, -0.25) is 0 Å². The molecule has 1 atom stereocenters. The van der Waals surface area contributed by atoms with E-state index in [-0.39, 0.29) is 11.6 Å². The topological polar surface area (TPSA) is 55.4 Å². The van der Waals surface area contributed by atoms with E-state index < -0.39 is 0 Å². The zero-order valence-electron chi connectivity index (χ0n) is 14.9. The molecule has 25 heavy (non-hydrogen) atoms. The Balaban J connectivity index is 1.79. The fourth-order valence-corrected chi connectivity index (χ4v) is 3.26. The normalized spacial score (nSPS) is 17.8. The number of methoxy groups -OCH3 is 1. The van der Waals surface area contributed by atoms with Crippen LogP contribution in [-0.2, 0) is 0 Å². The van der Waals surface area contributed by atoms with Gasteiger partial charge in [0.1, 0.15) is 22.9 Å². The summed E-state index contributed by atoms with van der Waals surface area (Å²) in [6, 6.07) is 11.7. The summed E-state index contributed by atoms with van der Waals surface area (Å²) >= 11 is 5.49. The molecule has 6 heteroatoms. The van der Waals surface area contributed by atoms with Crippen molar-refractivity contribution in [3.8, 4) is 11.5 Å². The summed E-state index contributed by atoms with van der Waals surface area (Å²) in [6.07, 6.45) is 0.801. The molecule has 5 nitrogen and oxygen atoms in total. The first-order valence-corrected chi connectivity index (χ1v) is 8.65. The number of anilines is 1. The number of nitrogens with zero attached hydrogens (tertiary/aromatic N) is 1. The Bertz CT molecular complexity index is 792. The van der Waals surface area contributed by atoms with E-state index >= 15 is 0 Å². The largest absolute Gasteiger partial charge is 0.497 e. The fourth-order valence-electron chi connectivity index (χ4n) is 3.01. The molecule has 1 aliphatic rings. The third-order valence-electron chi connectivity index (χ3n) is 4.11. The van der Waals surface area contributed by atoms with Gasteiger partial charge in [0, 0.05) is 23.7 Å². The van der Waals surface area contributed by atoms with Crippen LogP contribution in [0.4, 0.5) is 5.82 Å². The maximum absolute atomic E-state index is 6.11. The van der Waals surface area contributed by atoms with Crippen LogP contribution < -0.4 is 20.1 Å². The average Bonchev–Trinajstić information content (AvgIpc) is 2.53. The van der Waals surface area contributed by atoms with Crippen molar-refractivity contribution in [1.29, 1.82) is 0 Å². The third kappa shape index (κ3) is 4.20. The van der Waals surface area contributed by atoms with E-state index in [1.165, 1.54) is 0 Å². The lowest BCUT2D eigenvalue weighted by Gasteiger charge is -2.38. The minimum Gasteiger partial charge on any atom is -0.497 e. The second-order valence-corrected chi connectivity index (χ2v) is 7.19. The molecule has 3 rings (SSSR count). The fraction of sp³-hybridized carbons (Fsp3) is 0.368. The van der Waals surface area contributed by atoms with Crippen LogP contribution in [-0.4, -0.2) is 22.8 Å². The molecule has 132 valence electrons. The van der Waals surface area contributed by atoms with E-state index in [9.17, 15) is 0 Å². The van der Waals surface area contributed by atoms with E-state index in [0.29, 0.717) is 5.11 Å². The SMILES string of the molecule is COc1ccc2c(c1)OC(C)(C)C[C@H]2NC(=S)Nc1cccc(C)n1. The first-order chi connectivity index (χ1) is 11.9. The molecule has 1 aromatic heterocycles. The van der Waals surface area contributed by atoms with E-state index in [1.807, 2.05) is 43.3 Å². The number of benzene rings is 1. The summed E-state index contributed by atoms with van der Waals surface area (Å²) in [4.78, 5) is 4.42. The Morgan fingerprint density at radius 2 is 2.12 bits per heavy atom. The predicted molar refractivity (Wildman–Crippen MR) is 103 cm³/mol. The second kappa shape index (κ2) is 6.88. The number of thiocarbonyl (C=S) groups is 1. The molecule has 2 heterocycles. The molecule has 0 unspecified atom stereocenters. The molecule has 0 radical (unpaired) electrons. The maximum atomic E-state index is 6.11. The number of ether oxygens (including phenoxy) is 2. The molecule has 2 aromatic rings. The predicted octanol–water partition coefficient (Wildman–Crippen LogP) is 3.99. The summed E-state index contributed by atoms with van der Waals surface area (Å²) in [7, 11) is 1.65. The number of aromatic nitrogens is 1. The van der Waals surface area contributed by atoms with Gasteiger partial charge in [0.15, 0.2) is 5.11 Å². The number of hydrogen-bond donors (Lipinski definition) is 2. The first kappa shape index (κ1) is 17.5. The summed E-state index contributed by atoms with van der Waals surface area (Å²) in [5, 5.41) is 7.09. The molecular weight excluding hydrogens is 334 g/mol. The highest BCUT2D eigenvalue weighted by Gasteiger charge is 2.34. The molecule has 0 spiro atoms. The Kier molecular flexibility index (Phi) is 4.81. The summed E-state index contributed by atoms with van der Waals surface area (Å²) in [5.41, 5.74) is 1.72. The van der Waals surface area contributed by atoms with Crippen molar-refractivity contribution in [3.63, 3.8) is 0 Å². The van der Waals surface area contributed by atoms with Gasteiger partial charge >= 0.3 is 0 Å². The summed E-state index contributed by atoms with van der Waals surface area (Å²) < 4.78 is 11.4. The van der Waals surface area contributed by atoms with Gasteiger partial charge in [-0.1, -0.05) is 6.07 Å². The van der Waals surface area contributed by atoms with Crippen LogP contribution in [0, 0.1) is 6.92 Å². The van der Waals surface area contributed by atoms with Crippen molar-refractivity contribution in [2.45, 2.75) is 38.8 Å². The number of pyridine rings is 1. The number of nitrogens with one attached hydrogen (secondary N) is 2. The lowest BCUT2D eigenvalue weighted by Crippen LogP contribution is -2.42. The highest BCUT2D eigenvalue weighted by Crippen LogP contribution is 2.41. The van der Waals surface area contributed by atoms with Crippen molar-refractivity contribution < 1.29 is 9.47 Å². The minimum atomic E-state index is -0.297. The quantitative estimate of drug-likeness (QED) is 0.810. The van der Waals surface area contributed by atoms with Crippen LogP contribution in [0.15, 0.2) is 36.4 Å². The second-order valence-electron chi connectivity index (χ2n) is 6.78. The zero-order valence-corrected chi connectivity index (χ0v) is 15.7. The number of fused-ring (bicyclic) bond motifs is 1. The van der Waals surface area contributed by atoms with E-state index in [1.54, 1.807) is 7.11 Å². The van der Waals surface area contributed by atoms with Crippen molar-refractivity contribution in [2.75, 3.05) is 12.4 Å². The Morgan fingerprint density at radius 1 is 1.32 bits per heavy atom. The Labute approximate surface area is 153 Å². The van der Waals surface area contributed by atoms with Crippen molar-refractivity contribution >= 4 is 23.1 Å². The zero-order chi connectivity index (χ0) is 18.0. The van der Waals surface area contributed by atoms with Gasteiger partial charge in [-0.25, -0.2) is 4.98 Å². The molecular formula is C19H23N3O2S. The third-order valence-corrected chi connectivity index (χ3v) is 4.33. The van der Waals surface area contributed by atoms with E-state index in [2.05, 4.69) is 29.5 Å². The smallest absolute Gasteiger partial charge is 0.172 e. The van der Waals surface area contributed by atoms with Crippen LogP contribution in [0.25, 0.3) is 0 Å². The molecule has 0 bridgehead atoms. The van der Waals surface area contributed by atoms with Crippen molar-refractivity contribution in [3.05, 3.63) is 47.7 Å². The van der Waals surface area contributed by atoms with Gasteiger partial charge in [0.25, 0.3) is 0 Å². The average molecular weight is 357 g/mol. The summed E-state index contributed by atoms with van der Waals surface area (Å²) in [6.45, 7) is 6.09. The molecule has 0 amide bonds. The van der Waals surface area contributed by atoms with Crippen LogP contribution in [0.2, 0.25) is 0 Å². The highest BCUT2D eigenvalue weighted by atomic mass is 32.1. The number of aryl methyl sites for hydroxylation is 1. The Morgan fingerprint density at radius 3 is 2.84 bits per heavy atom. The van der Waals surface area contributed by atoms with Crippen LogP contribution in [0.1, 0.15) is 37.6 Å². The standard InChI is InChI=1S/C19H23N3O2S/c1-12-6-5-7-17(20-12)22-18(25)21-15-11-19(2,3)24-16-10-13(23-4)8-9-14(15)16/h5-10,15H,11H2,1-4H3,(H2,20,21,22,25)/t15-/m1/s1. The van der Waals surface area contributed by atoms with Gasteiger partial charge < -0.3 is 20.1 Å². The lowest BCUT2D eigenvalue weighted by atomic mass is 9.89. The Hall–Kier alpha value is -2.34. The maximum Gasteiger partial charge on any atom is 0.172 e. The van der Waals surface area contributed by atoms with Gasteiger partial charge in [0.2, 0.25) is 0 Å².